The van der Waals surface area contributed by atoms with E-state index in [2.05, 4.69) is 9.47 Å². The molecule has 0 spiro atoms. The van der Waals surface area contributed by atoms with Gasteiger partial charge in [0.2, 0.25) is 0 Å². The minimum atomic E-state index is -0.255. The molecule has 0 rings (SSSR count). The lowest BCUT2D eigenvalue weighted by Gasteiger charge is -1.99. The Balaban J connectivity index is 0. The van der Waals surface area contributed by atoms with Crippen LogP contribution in [0.1, 0.15) is 13.8 Å². The molecular weight excluding hydrogens is 188 g/mol. The summed E-state index contributed by atoms with van der Waals surface area (Å²) in [5.74, 6) is -0.255. The Bertz CT molecular complexity index is 114. The summed E-state index contributed by atoms with van der Waals surface area (Å²) in [6.07, 6.45) is 0. The predicted octanol–water partition coefficient (Wildman–Crippen LogP) is 0.211. The zero-order chi connectivity index (χ0) is 11.2. The number of methoxy groups -OCH3 is 1. The van der Waals surface area contributed by atoms with Gasteiger partial charge >= 0.3 is 5.97 Å². The minimum absolute atomic E-state index is 0.122. The molecular formula is C9H20O5. The maximum atomic E-state index is 10.1. The van der Waals surface area contributed by atoms with Gasteiger partial charge in [0, 0.05) is 20.6 Å². The highest BCUT2D eigenvalue weighted by molar-refractivity contribution is 5.65. The Morgan fingerprint density at radius 1 is 1.29 bits per heavy atom. The molecule has 1 N–H and O–H groups in total. The van der Waals surface area contributed by atoms with Crippen LogP contribution in [0.15, 0.2) is 0 Å². The third kappa shape index (κ3) is 22.5. The third-order valence-corrected chi connectivity index (χ3v) is 1.03. The smallest absolute Gasteiger partial charge is 0.302 e. The molecule has 0 aromatic heterocycles. The van der Waals surface area contributed by atoms with Crippen LogP contribution in [-0.4, -0.2) is 51.2 Å². The van der Waals surface area contributed by atoms with E-state index in [0.717, 1.165) is 0 Å². The van der Waals surface area contributed by atoms with E-state index in [9.17, 15) is 4.79 Å². The van der Waals surface area contributed by atoms with E-state index >= 15 is 0 Å². The lowest BCUT2D eigenvalue weighted by molar-refractivity contribution is -0.142. The van der Waals surface area contributed by atoms with Gasteiger partial charge in [-0.15, -0.1) is 0 Å². The molecule has 0 bridgehead atoms. The lowest BCUT2D eigenvalue weighted by atomic mass is 10.7. The highest BCUT2D eigenvalue weighted by Gasteiger charge is 1.89. The van der Waals surface area contributed by atoms with Crippen molar-refractivity contribution in [1.29, 1.82) is 0 Å². The zero-order valence-electron chi connectivity index (χ0n) is 9.12. The van der Waals surface area contributed by atoms with E-state index in [1.54, 1.807) is 7.11 Å². The molecule has 0 saturated carbocycles. The van der Waals surface area contributed by atoms with Crippen molar-refractivity contribution < 1.29 is 24.1 Å². The van der Waals surface area contributed by atoms with Crippen LogP contribution in [0.2, 0.25) is 0 Å². The van der Waals surface area contributed by atoms with Crippen molar-refractivity contribution in [1.82, 2.24) is 0 Å². The van der Waals surface area contributed by atoms with Gasteiger partial charge in [-0.05, 0) is 6.92 Å². The predicted molar refractivity (Wildman–Crippen MR) is 52.1 cm³/mol. The fraction of sp³-hybridized carbons (Fsp3) is 0.889. The van der Waals surface area contributed by atoms with E-state index in [0.29, 0.717) is 26.4 Å². The molecule has 86 valence electrons. The Morgan fingerprint density at radius 3 is 2.21 bits per heavy atom. The Labute approximate surface area is 85.0 Å². The first-order valence-electron chi connectivity index (χ1n) is 4.49. The molecule has 0 aromatic rings. The topological polar surface area (TPSA) is 65.0 Å². The molecule has 0 amide bonds. The molecule has 0 saturated heterocycles. The molecule has 0 unspecified atom stereocenters. The van der Waals surface area contributed by atoms with E-state index in [4.69, 9.17) is 9.84 Å². The van der Waals surface area contributed by atoms with E-state index in [-0.39, 0.29) is 12.6 Å². The van der Waals surface area contributed by atoms with Crippen LogP contribution in [0.5, 0.6) is 0 Å². The van der Waals surface area contributed by atoms with Crippen LogP contribution in [0, 0.1) is 0 Å². The molecule has 0 aliphatic rings. The number of hydrogen-bond acceptors (Lipinski definition) is 5. The minimum Gasteiger partial charge on any atom is -0.463 e. The van der Waals surface area contributed by atoms with Gasteiger partial charge < -0.3 is 19.3 Å². The van der Waals surface area contributed by atoms with Crippen molar-refractivity contribution in [3.63, 3.8) is 0 Å². The van der Waals surface area contributed by atoms with Crippen molar-refractivity contribution in [3.8, 4) is 0 Å². The number of ether oxygens (including phenoxy) is 3. The maximum absolute atomic E-state index is 10.1. The summed E-state index contributed by atoms with van der Waals surface area (Å²) in [7, 11) is 1.55. The molecule has 0 aliphatic heterocycles. The summed E-state index contributed by atoms with van der Waals surface area (Å²) in [5, 5.41) is 7.94. The second-order valence-electron chi connectivity index (χ2n) is 2.25. The molecule has 5 nitrogen and oxygen atoms in total. The normalized spacial score (nSPS) is 8.86. The van der Waals surface area contributed by atoms with Crippen LogP contribution in [-0.2, 0) is 19.0 Å². The average molecular weight is 208 g/mol. The van der Waals surface area contributed by atoms with E-state index in [1.165, 1.54) is 6.92 Å². The standard InChI is InChI=1S/C6H12O3.C3H8O2/c1-3-8-4-5-9-6(2)7;1-5-3-2-4/h3-5H2,1-2H3;4H,2-3H2,1H3. The summed E-state index contributed by atoms with van der Waals surface area (Å²) in [6.45, 7) is 5.37. The van der Waals surface area contributed by atoms with Crippen molar-refractivity contribution >= 4 is 5.97 Å². The number of hydrogen-bond donors (Lipinski definition) is 1. The van der Waals surface area contributed by atoms with Crippen molar-refractivity contribution in [2.75, 3.05) is 40.1 Å². The molecule has 0 aliphatic carbocycles. The fourth-order valence-electron chi connectivity index (χ4n) is 0.480. The summed E-state index contributed by atoms with van der Waals surface area (Å²) >= 11 is 0. The van der Waals surface area contributed by atoms with Crippen molar-refractivity contribution in [3.05, 3.63) is 0 Å². The molecule has 5 heteroatoms. The highest BCUT2D eigenvalue weighted by Crippen LogP contribution is 1.77. The van der Waals surface area contributed by atoms with E-state index in [1.807, 2.05) is 6.92 Å². The number of aliphatic hydroxyl groups is 1. The molecule has 0 atom stereocenters. The summed E-state index contributed by atoms with van der Waals surface area (Å²) in [5.41, 5.74) is 0. The van der Waals surface area contributed by atoms with Crippen LogP contribution in [0.4, 0.5) is 0 Å². The van der Waals surface area contributed by atoms with Gasteiger partial charge in [0.15, 0.2) is 0 Å². The average Bonchev–Trinajstić information content (AvgIpc) is 2.15. The maximum Gasteiger partial charge on any atom is 0.302 e. The second kappa shape index (κ2) is 14.9. The molecule has 0 aromatic carbocycles. The van der Waals surface area contributed by atoms with Crippen molar-refractivity contribution in [2.24, 2.45) is 0 Å². The van der Waals surface area contributed by atoms with Gasteiger partial charge in [0.1, 0.15) is 6.61 Å². The summed E-state index contributed by atoms with van der Waals surface area (Å²) in [6, 6.07) is 0. The SMILES string of the molecule is CCOCCOC(C)=O.COCCO. The number of aliphatic hydroxyl groups excluding tert-OH is 1. The zero-order valence-corrected chi connectivity index (χ0v) is 9.12. The van der Waals surface area contributed by atoms with Crippen molar-refractivity contribution in [2.45, 2.75) is 13.8 Å². The largest absolute Gasteiger partial charge is 0.463 e. The first-order valence-corrected chi connectivity index (χ1v) is 4.49. The van der Waals surface area contributed by atoms with E-state index < -0.39 is 0 Å². The Hall–Kier alpha value is -0.650. The Morgan fingerprint density at radius 2 is 1.93 bits per heavy atom. The van der Waals surface area contributed by atoms with Gasteiger partial charge in [-0.1, -0.05) is 0 Å². The molecule has 0 heterocycles. The number of esters is 1. The first-order chi connectivity index (χ1) is 6.68. The van der Waals surface area contributed by atoms with Crippen LogP contribution < -0.4 is 0 Å². The summed E-state index contributed by atoms with van der Waals surface area (Å²) in [4.78, 5) is 10.1. The lowest BCUT2D eigenvalue weighted by Crippen LogP contribution is -2.06. The van der Waals surface area contributed by atoms with Crippen LogP contribution in [0.3, 0.4) is 0 Å². The number of carbonyl (C=O) groups is 1. The monoisotopic (exact) mass is 208 g/mol. The molecule has 0 fully saturated rings. The molecule has 0 radical (unpaired) electrons. The highest BCUT2D eigenvalue weighted by atomic mass is 16.6. The third-order valence-electron chi connectivity index (χ3n) is 1.03. The summed E-state index contributed by atoms with van der Waals surface area (Å²) < 4.78 is 13.9. The van der Waals surface area contributed by atoms with Crippen LogP contribution >= 0.6 is 0 Å². The number of rotatable bonds is 6. The van der Waals surface area contributed by atoms with Gasteiger partial charge in [-0.25, -0.2) is 0 Å². The number of carbonyl (C=O) groups excluding carboxylic acids is 1. The fourth-order valence-corrected chi connectivity index (χ4v) is 0.480. The van der Waals surface area contributed by atoms with Gasteiger partial charge in [-0.3, -0.25) is 4.79 Å². The molecule has 14 heavy (non-hydrogen) atoms. The van der Waals surface area contributed by atoms with Gasteiger partial charge in [0.25, 0.3) is 0 Å². The van der Waals surface area contributed by atoms with Gasteiger partial charge in [-0.2, -0.15) is 0 Å². The Kier molecular flexibility index (Phi) is 16.8. The first kappa shape index (κ1) is 15.8. The quantitative estimate of drug-likeness (QED) is 0.499. The van der Waals surface area contributed by atoms with Gasteiger partial charge in [0.05, 0.1) is 19.8 Å². The second-order valence-corrected chi connectivity index (χ2v) is 2.25. The van der Waals surface area contributed by atoms with Crippen LogP contribution in [0.25, 0.3) is 0 Å².